The van der Waals surface area contributed by atoms with Crippen molar-refractivity contribution < 1.29 is 4.42 Å². The molecule has 1 heterocycles. The number of fused-ring (bicyclic) bond motifs is 5. The molecule has 2 heteroatoms. The van der Waals surface area contributed by atoms with Crippen LogP contribution in [-0.4, -0.2) is 0 Å². The standard InChI is InChI=1S/C57H47NO/c1-57-43(22-15-30-51(57)40-18-3-2-4-19-40)23-16-31-52(57)50-28-8-11-33-54(50)58(53-32-10-7-26-47(53)46-29-14-20-39-17-5-6-25-45(39)46)44-24-13-21-41(37-44)42-35-36-49-48-27-9-12-34-55(48)59-56(49)38-42/h5-17,20-38,40,52H,2-4,18-19H2,1H3. The van der Waals surface area contributed by atoms with Crippen molar-refractivity contribution in [1.82, 2.24) is 0 Å². The number of anilines is 3. The third kappa shape index (κ3) is 6.00. The van der Waals surface area contributed by atoms with E-state index in [0.717, 1.165) is 44.4 Å². The van der Waals surface area contributed by atoms with Crippen LogP contribution in [0.1, 0.15) is 50.5 Å². The van der Waals surface area contributed by atoms with Crippen LogP contribution < -0.4 is 4.90 Å². The van der Waals surface area contributed by atoms with Gasteiger partial charge in [-0.05, 0) is 99.8 Å². The van der Waals surface area contributed by atoms with Gasteiger partial charge in [-0.15, -0.1) is 0 Å². The van der Waals surface area contributed by atoms with Crippen molar-refractivity contribution in [2.75, 3.05) is 4.90 Å². The molecule has 7 aromatic carbocycles. The van der Waals surface area contributed by atoms with Crippen LogP contribution in [0.4, 0.5) is 17.1 Å². The minimum Gasteiger partial charge on any atom is -0.456 e. The average Bonchev–Trinajstić information content (AvgIpc) is 3.67. The fourth-order valence-electron chi connectivity index (χ4n) is 10.7. The van der Waals surface area contributed by atoms with Gasteiger partial charge in [0.25, 0.3) is 0 Å². The highest BCUT2D eigenvalue weighted by Crippen LogP contribution is 2.58. The molecule has 3 aliphatic carbocycles. The molecule has 59 heavy (non-hydrogen) atoms. The van der Waals surface area contributed by atoms with Crippen LogP contribution in [0, 0.1) is 11.3 Å². The van der Waals surface area contributed by atoms with Gasteiger partial charge in [-0.25, -0.2) is 0 Å². The van der Waals surface area contributed by atoms with Crippen LogP contribution in [0.5, 0.6) is 0 Å². The zero-order chi connectivity index (χ0) is 39.3. The number of furan rings is 1. The van der Waals surface area contributed by atoms with E-state index in [2.05, 4.69) is 200 Å². The SMILES string of the molecule is CC12C(=CC=CC1c1ccccc1N(c1cccc(-c3ccc4c(c3)oc3ccccc34)c1)c1ccccc1-c1cccc3ccccc13)C=CC=C2C1CCCCC1. The minimum atomic E-state index is -0.160. The van der Waals surface area contributed by atoms with Crippen LogP contribution in [0.25, 0.3) is 55.0 Å². The van der Waals surface area contributed by atoms with Crippen LogP contribution in [-0.2, 0) is 0 Å². The van der Waals surface area contributed by atoms with E-state index in [1.807, 2.05) is 6.07 Å². The van der Waals surface area contributed by atoms with Crippen molar-refractivity contribution in [2.45, 2.75) is 44.9 Å². The van der Waals surface area contributed by atoms with E-state index in [0.29, 0.717) is 5.92 Å². The molecule has 2 nitrogen and oxygen atoms in total. The Morgan fingerprint density at radius 2 is 1.27 bits per heavy atom. The Morgan fingerprint density at radius 1 is 0.559 bits per heavy atom. The molecular formula is C57H47NO. The van der Waals surface area contributed by atoms with E-state index < -0.39 is 0 Å². The minimum absolute atomic E-state index is 0.141. The lowest BCUT2D eigenvalue weighted by Gasteiger charge is -2.47. The molecule has 0 bridgehead atoms. The van der Waals surface area contributed by atoms with Gasteiger partial charge in [-0.2, -0.15) is 0 Å². The van der Waals surface area contributed by atoms with E-state index in [1.54, 1.807) is 5.57 Å². The Bertz CT molecular complexity index is 3020. The first-order valence-corrected chi connectivity index (χ1v) is 21.4. The summed E-state index contributed by atoms with van der Waals surface area (Å²) in [4.78, 5) is 2.54. The maximum absolute atomic E-state index is 6.39. The Balaban J connectivity index is 1.11. The Morgan fingerprint density at radius 3 is 2.19 bits per heavy atom. The number of allylic oxidation sites excluding steroid dienone is 8. The number of hydrogen-bond acceptors (Lipinski definition) is 2. The first-order chi connectivity index (χ1) is 29.1. The molecule has 2 atom stereocenters. The van der Waals surface area contributed by atoms with Gasteiger partial charge in [0, 0.05) is 39.0 Å². The Kier molecular flexibility index (Phi) is 8.81. The summed E-state index contributed by atoms with van der Waals surface area (Å²) in [6.45, 7) is 2.52. The van der Waals surface area contributed by atoms with E-state index in [9.17, 15) is 0 Å². The summed E-state index contributed by atoms with van der Waals surface area (Å²) in [7, 11) is 0. The second kappa shape index (κ2) is 14.6. The first-order valence-electron chi connectivity index (χ1n) is 21.4. The quantitative estimate of drug-likeness (QED) is 0.161. The summed E-state index contributed by atoms with van der Waals surface area (Å²) in [5.74, 6) is 0.745. The topological polar surface area (TPSA) is 16.4 Å². The van der Waals surface area contributed by atoms with Crippen molar-refractivity contribution in [2.24, 2.45) is 11.3 Å². The molecule has 0 spiro atoms. The number of para-hydroxylation sites is 3. The summed E-state index contributed by atoms with van der Waals surface area (Å²) in [5.41, 5.74) is 14.1. The third-order valence-corrected chi connectivity index (χ3v) is 13.6. The lowest BCUT2D eigenvalue weighted by molar-refractivity contribution is 0.317. The van der Waals surface area contributed by atoms with E-state index in [-0.39, 0.29) is 11.3 Å². The fraction of sp³-hybridized carbons (Fsp3) is 0.158. The van der Waals surface area contributed by atoms with Crippen molar-refractivity contribution in [3.8, 4) is 22.3 Å². The highest BCUT2D eigenvalue weighted by molar-refractivity contribution is 6.06. The predicted octanol–water partition coefficient (Wildman–Crippen LogP) is 16.2. The molecule has 2 unspecified atom stereocenters. The van der Waals surface area contributed by atoms with Crippen molar-refractivity contribution in [3.63, 3.8) is 0 Å². The molecule has 1 aromatic heterocycles. The van der Waals surface area contributed by atoms with Gasteiger partial charge in [-0.3, -0.25) is 0 Å². The van der Waals surface area contributed by atoms with Gasteiger partial charge in [-0.1, -0.05) is 183 Å². The molecule has 1 fully saturated rings. The molecule has 0 radical (unpaired) electrons. The normalized spacial score (nSPS) is 19.2. The van der Waals surface area contributed by atoms with Crippen LogP contribution in [0.15, 0.2) is 210 Å². The molecule has 0 aliphatic heterocycles. The highest BCUT2D eigenvalue weighted by atomic mass is 16.3. The molecule has 11 rings (SSSR count). The summed E-state index contributed by atoms with van der Waals surface area (Å²) in [6.07, 6.45) is 20.8. The second-order valence-electron chi connectivity index (χ2n) is 16.8. The summed E-state index contributed by atoms with van der Waals surface area (Å²) < 4.78 is 6.39. The molecule has 8 aromatic rings. The zero-order valence-corrected chi connectivity index (χ0v) is 33.5. The van der Waals surface area contributed by atoms with Gasteiger partial charge in [0.2, 0.25) is 0 Å². The van der Waals surface area contributed by atoms with Gasteiger partial charge in [0.1, 0.15) is 11.2 Å². The number of hydrogen-bond donors (Lipinski definition) is 0. The number of rotatable bonds is 7. The van der Waals surface area contributed by atoms with Gasteiger partial charge in [0.05, 0.1) is 5.69 Å². The maximum atomic E-state index is 6.39. The van der Waals surface area contributed by atoms with Crippen LogP contribution >= 0.6 is 0 Å². The Labute approximate surface area is 347 Å². The largest absolute Gasteiger partial charge is 0.456 e. The Hall–Kier alpha value is -6.64. The van der Waals surface area contributed by atoms with Crippen molar-refractivity contribution in [1.29, 1.82) is 0 Å². The summed E-state index contributed by atoms with van der Waals surface area (Å²) in [6, 6.07) is 57.7. The predicted molar refractivity (Wildman–Crippen MR) is 249 cm³/mol. The number of benzene rings is 7. The molecule has 1 saturated carbocycles. The monoisotopic (exact) mass is 761 g/mol. The van der Waals surface area contributed by atoms with Gasteiger partial charge < -0.3 is 9.32 Å². The average molecular weight is 762 g/mol. The second-order valence-corrected chi connectivity index (χ2v) is 16.8. The van der Waals surface area contributed by atoms with Gasteiger partial charge in [0.15, 0.2) is 0 Å². The molecule has 3 aliphatic rings. The molecule has 0 N–H and O–H groups in total. The lowest BCUT2D eigenvalue weighted by atomic mass is 9.57. The summed E-state index contributed by atoms with van der Waals surface area (Å²) in [5, 5.41) is 4.77. The molecule has 0 saturated heterocycles. The third-order valence-electron chi connectivity index (χ3n) is 13.6. The van der Waals surface area contributed by atoms with Crippen molar-refractivity contribution >= 4 is 49.8 Å². The number of nitrogens with zero attached hydrogens (tertiary/aromatic N) is 1. The van der Waals surface area contributed by atoms with E-state index in [1.165, 1.54) is 70.8 Å². The zero-order valence-electron chi connectivity index (χ0n) is 33.5. The van der Waals surface area contributed by atoms with Crippen LogP contribution in [0.3, 0.4) is 0 Å². The lowest BCUT2D eigenvalue weighted by Crippen LogP contribution is -2.36. The fourth-order valence-corrected chi connectivity index (χ4v) is 10.7. The summed E-state index contributed by atoms with van der Waals surface area (Å²) >= 11 is 0. The molecule has 0 amide bonds. The molecular weight excluding hydrogens is 715 g/mol. The van der Waals surface area contributed by atoms with Crippen molar-refractivity contribution in [3.05, 3.63) is 211 Å². The van der Waals surface area contributed by atoms with E-state index >= 15 is 0 Å². The first kappa shape index (κ1) is 35.5. The maximum Gasteiger partial charge on any atom is 0.136 e. The van der Waals surface area contributed by atoms with Crippen LogP contribution in [0.2, 0.25) is 0 Å². The van der Waals surface area contributed by atoms with Gasteiger partial charge >= 0.3 is 0 Å². The molecule has 286 valence electrons. The van der Waals surface area contributed by atoms with E-state index in [4.69, 9.17) is 4.42 Å². The highest BCUT2D eigenvalue weighted by Gasteiger charge is 2.45. The smallest absolute Gasteiger partial charge is 0.136 e.